The number of nitrogens with zero attached hydrogens (tertiary/aromatic N) is 1. The van der Waals surface area contributed by atoms with Crippen LogP contribution < -0.4 is 0 Å². The monoisotopic (exact) mass is 287 g/mol. The van der Waals surface area contributed by atoms with Crippen LogP contribution in [-0.2, 0) is 11.3 Å². The van der Waals surface area contributed by atoms with Crippen molar-refractivity contribution in [2.24, 2.45) is 0 Å². The van der Waals surface area contributed by atoms with Gasteiger partial charge in [0.05, 0.1) is 12.6 Å². The lowest BCUT2D eigenvalue weighted by Crippen LogP contribution is -2.45. The van der Waals surface area contributed by atoms with Crippen molar-refractivity contribution in [1.29, 1.82) is 0 Å². The Kier molecular flexibility index (Phi) is 4.40. The van der Waals surface area contributed by atoms with Crippen LogP contribution in [0.2, 0.25) is 0 Å². The van der Waals surface area contributed by atoms with Crippen LogP contribution in [0.25, 0.3) is 5.57 Å². The molecule has 114 valence electrons. The SMILES string of the molecule is C/C=C1\c2ccccc2CN(C(=O)OC(C)(C)C)[C@H]1CC. The van der Waals surface area contributed by atoms with E-state index in [1.807, 2.05) is 38.7 Å². The maximum absolute atomic E-state index is 12.5. The van der Waals surface area contributed by atoms with Crippen LogP contribution in [0.15, 0.2) is 30.3 Å². The first-order chi connectivity index (χ1) is 9.87. The molecule has 21 heavy (non-hydrogen) atoms. The highest BCUT2D eigenvalue weighted by molar-refractivity contribution is 5.80. The normalized spacial score (nSPS) is 20.3. The molecule has 0 aromatic heterocycles. The molecule has 3 heteroatoms. The molecular formula is C18H25NO2. The van der Waals surface area contributed by atoms with Crippen LogP contribution in [0.4, 0.5) is 4.79 Å². The Morgan fingerprint density at radius 2 is 2.05 bits per heavy atom. The number of ether oxygens (including phenoxy) is 1. The second-order valence-electron chi connectivity index (χ2n) is 6.43. The smallest absolute Gasteiger partial charge is 0.411 e. The van der Waals surface area contributed by atoms with Crippen molar-refractivity contribution in [2.45, 2.75) is 59.2 Å². The minimum Gasteiger partial charge on any atom is -0.444 e. The maximum Gasteiger partial charge on any atom is 0.411 e. The first-order valence-corrected chi connectivity index (χ1v) is 7.61. The fraction of sp³-hybridized carbons (Fsp3) is 0.500. The first-order valence-electron chi connectivity index (χ1n) is 7.61. The summed E-state index contributed by atoms with van der Waals surface area (Å²) >= 11 is 0. The zero-order valence-corrected chi connectivity index (χ0v) is 13.6. The van der Waals surface area contributed by atoms with E-state index in [2.05, 4.69) is 31.2 Å². The maximum atomic E-state index is 12.5. The molecule has 0 aliphatic carbocycles. The molecule has 3 nitrogen and oxygen atoms in total. The van der Waals surface area contributed by atoms with Crippen molar-refractivity contribution < 1.29 is 9.53 Å². The Bertz CT molecular complexity index is 555. The average molecular weight is 287 g/mol. The minimum absolute atomic E-state index is 0.0831. The van der Waals surface area contributed by atoms with Crippen molar-refractivity contribution in [2.75, 3.05) is 0 Å². The molecule has 0 unspecified atom stereocenters. The van der Waals surface area contributed by atoms with E-state index >= 15 is 0 Å². The number of hydrogen-bond acceptors (Lipinski definition) is 2. The average Bonchev–Trinajstić information content (AvgIpc) is 2.43. The molecule has 1 aliphatic heterocycles. The quantitative estimate of drug-likeness (QED) is 0.754. The van der Waals surface area contributed by atoms with E-state index < -0.39 is 5.60 Å². The van der Waals surface area contributed by atoms with Gasteiger partial charge in [0.25, 0.3) is 0 Å². The van der Waals surface area contributed by atoms with E-state index in [4.69, 9.17) is 4.74 Å². The van der Waals surface area contributed by atoms with E-state index in [-0.39, 0.29) is 12.1 Å². The van der Waals surface area contributed by atoms with E-state index in [0.29, 0.717) is 6.54 Å². The third-order valence-electron chi connectivity index (χ3n) is 3.73. The Balaban J connectivity index is 2.38. The van der Waals surface area contributed by atoms with E-state index in [9.17, 15) is 4.79 Å². The largest absolute Gasteiger partial charge is 0.444 e. The van der Waals surface area contributed by atoms with Crippen LogP contribution in [0.3, 0.4) is 0 Å². The van der Waals surface area contributed by atoms with Gasteiger partial charge in [0.15, 0.2) is 0 Å². The summed E-state index contributed by atoms with van der Waals surface area (Å²) in [6, 6.07) is 8.38. The molecule has 1 aromatic rings. The summed E-state index contributed by atoms with van der Waals surface area (Å²) in [4.78, 5) is 14.4. The van der Waals surface area contributed by atoms with Crippen molar-refractivity contribution in [3.8, 4) is 0 Å². The number of fused-ring (bicyclic) bond motifs is 1. The number of carbonyl (C=O) groups excluding carboxylic acids is 1. The van der Waals surface area contributed by atoms with Gasteiger partial charge in [0, 0.05) is 0 Å². The molecule has 0 bridgehead atoms. The lowest BCUT2D eigenvalue weighted by Gasteiger charge is -2.39. The molecule has 0 saturated heterocycles. The summed E-state index contributed by atoms with van der Waals surface area (Å²) in [5, 5.41) is 0. The fourth-order valence-electron chi connectivity index (χ4n) is 2.88. The third-order valence-corrected chi connectivity index (χ3v) is 3.73. The number of carbonyl (C=O) groups is 1. The van der Waals surface area contributed by atoms with Gasteiger partial charge >= 0.3 is 6.09 Å². The Labute approximate surface area is 127 Å². The Hall–Kier alpha value is -1.77. The molecule has 1 aromatic carbocycles. The molecule has 1 atom stereocenters. The van der Waals surface area contributed by atoms with Crippen molar-refractivity contribution >= 4 is 11.7 Å². The van der Waals surface area contributed by atoms with Crippen LogP contribution in [0, 0.1) is 0 Å². The number of hydrogen-bond donors (Lipinski definition) is 0. The highest BCUT2D eigenvalue weighted by Gasteiger charge is 2.34. The molecular weight excluding hydrogens is 262 g/mol. The molecule has 0 saturated carbocycles. The number of rotatable bonds is 1. The van der Waals surface area contributed by atoms with E-state index in [1.54, 1.807) is 0 Å². The summed E-state index contributed by atoms with van der Waals surface area (Å²) < 4.78 is 5.58. The number of amides is 1. The van der Waals surface area contributed by atoms with Crippen molar-refractivity contribution in [3.63, 3.8) is 0 Å². The molecule has 0 fully saturated rings. The molecule has 0 N–H and O–H groups in total. The zero-order valence-electron chi connectivity index (χ0n) is 13.6. The predicted molar refractivity (Wildman–Crippen MR) is 85.9 cm³/mol. The topological polar surface area (TPSA) is 29.5 Å². The van der Waals surface area contributed by atoms with Crippen LogP contribution >= 0.6 is 0 Å². The second-order valence-corrected chi connectivity index (χ2v) is 6.43. The highest BCUT2D eigenvalue weighted by Crippen LogP contribution is 2.34. The van der Waals surface area contributed by atoms with E-state index in [1.165, 1.54) is 16.7 Å². The molecule has 1 aliphatic rings. The lowest BCUT2D eigenvalue weighted by atomic mass is 9.87. The van der Waals surface area contributed by atoms with Gasteiger partial charge in [-0.2, -0.15) is 0 Å². The molecule has 1 heterocycles. The van der Waals surface area contributed by atoms with Gasteiger partial charge in [-0.25, -0.2) is 4.79 Å². The van der Waals surface area contributed by atoms with Gasteiger partial charge in [0.1, 0.15) is 5.60 Å². The molecule has 1 amide bonds. The van der Waals surface area contributed by atoms with Crippen LogP contribution in [0.1, 0.15) is 52.2 Å². The summed E-state index contributed by atoms with van der Waals surface area (Å²) in [5.41, 5.74) is 3.18. The molecule has 2 rings (SSSR count). The molecule has 0 radical (unpaired) electrons. The van der Waals surface area contributed by atoms with Crippen molar-refractivity contribution in [1.82, 2.24) is 4.90 Å². The lowest BCUT2D eigenvalue weighted by molar-refractivity contribution is 0.0176. The molecule has 0 spiro atoms. The number of benzene rings is 1. The summed E-state index contributed by atoms with van der Waals surface area (Å²) in [5.74, 6) is 0. The standard InChI is InChI=1S/C18H25NO2/c1-6-14-15-11-9-8-10-13(15)12-19(16(14)7-2)17(20)21-18(3,4)5/h6,8-11,16H,7,12H2,1-5H3/b14-6+/t16-/m0/s1. The summed E-state index contributed by atoms with van der Waals surface area (Å²) in [6.45, 7) is 10.5. The van der Waals surface area contributed by atoms with Crippen LogP contribution in [-0.4, -0.2) is 22.6 Å². The third kappa shape index (κ3) is 3.29. The van der Waals surface area contributed by atoms with Gasteiger partial charge in [-0.3, -0.25) is 4.90 Å². The van der Waals surface area contributed by atoms with Gasteiger partial charge in [-0.15, -0.1) is 0 Å². The highest BCUT2D eigenvalue weighted by atomic mass is 16.6. The summed E-state index contributed by atoms with van der Waals surface area (Å²) in [7, 11) is 0. The van der Waals surface area contributed by atoms with Crippen LogP contribution in [0.5, 0.6) is 0 Å². The van der Waals surface area contributed by atoms with E-state index in [0.717, 1.165) is 6.42 Å². The Morgan fingerprint density at radius 3 is 2.62 bits per heavy atom. The first kappa shape index (κ1) is 15.6. The summed E-state index contributed by atoms with van der Waals surface area (Å²) in [6.07, 6.45) is 2.76. The van der Waals surface area contributed by atoms with Gasteiger partial charge in [-0.1, -0.05) is 37.3 Å². The minimum atomic E-state index is -0.470. The second kappa shape index (κ2) is 5.92. The Morgan fingerprint density at radius 1 is 1.38 bits per heavy atom. The predicted octanol–water partition coefficient (Wildman–Crippen LogP) is 4.62. The van der Waals surface area contributed by atoms with Gasteiger partial charge in [-0.05, 0) is 50.8 Å². The number of allylic oxidation sites excluding steroid dienone is 1. The zero-order chi connectivity index (χ0) is 15.6. The fourth-order valence-corrected chi connectivity index (χ4v) is 2.88. The van der Waals surface area contributed by atoms with Crippen molar-refractivity contribution in [3.05, 3.63) is 41.5 Å². The van der Waals surface area contributed by atoms with Gasteiger partial charge < -0.3 is 4.74 Å². The van der Waals surface area contributed by atoms with Gasteiger partial charge in [0.2, 0.25) is 0 Å².